The monoisotopic (exact) mass is 353 g/mol. The van der Waals surface area contributed by atoms with Gasteiger partial charge in [-0.25, -0.2) is 14.4 Å². The lowest BCUT2D eigenvalue weighted by molar-refractivity contribution is 0.0877. The Kier molecular flexibility index (Phi) is 4.43. The molecular weight excluding hydrogens is 333 g/mol. The number of piperidine rings is 1. The van der Waals surface area contributed by atoms with Crippen LogP contribution in [-0.2, 0) is 0 Å². The molecule has 0 bridgehead atoms. The van der Waals surface area contributed by atoms with Gasteiger partial charge >= 0.3 is 0 Å². The van der Waals surface area contributed by atoms with Gasteiger partial charge in [-0.1, -0.05) is 0 Å². The summed E-state index contributed by atoms with van der Waals surface area (Å²) in [5, 5.41) is 11.3. The number of ether oxygens (including phenoxy) is 1. The summed E-state index contributed by atoms with van der Waals surface area (Å²) in [4.78, 5) is 13.9. The number of hydrogen-bond donors (Lipinski definition) is 1. The van der Waals surface area contributed by atoms with Crippen LogP contribution in [0.2, 0.25) is 0 Å². The highest BCUT2D eigenvalue weighted by Crippen LogP contribution is 2.35. The summed E-state index contributed by atoms with van der Waals surface area (Å²) in [5.41, 5.74) is 1.83. The highest BCUT2D eigenvalue weighted by atomic mass is 19.1. The first kappa shape index (κ1) is 16.7. The molecule has 1 unspecified atom stereocenters. The number of nitrogens with zero attached hydrogens (tertiary/aromatic N) is 4. The average molecular weight is 353 g/mol. The van der Waals surface area contributed by atoms with Gasteiger partial charge in [0.25, 0.3) is 0 Å². The lowest BCUT2D eigenvalue weighted by atomic mass is 10.1. The van der Waals surface area contributed by atoms with Gasteiger partial charge in [0.05, 0.1) is 17.1 Å². The Hall–Kier alpha value is -2.72. The summed E-state index contributed by atoms with van der Waals surface area (Å²) in [6, 6.07) is 5.96. The maximum Gasteiger partial charge on any atom is 0.183 e. The Balaban J connectivity index is 1.65. The molecule has 26 heavy (non-hydrogen) atoms. The molecule has 0 radical (unpaired) electrons. The number of fused-ring (bicyclic) bond motifs is 3. The van der Waals surface area contributed by atoms with Gasteiger partial charge in [-0.3, -0.25) is 0 Å². The fourth-order valence-electron chi connectivity index (χ4n) is 3.62. The van der Waals surface area contributed by atoms with Crippen LogP contribution in [0.4, 0.5) is 4.39 Å². The van der Waals surface area contributed by atoms with Gasteiger partial charge in [0.1, 0.15) is 24.0 Å². The van der Waals surface area contributed by atoms with Gasteiger partial charge in [0, 0.05) is 31.2 Å². The van der Waals surface area contributed by atoms with Crippen molar-refractivity contribution in [3.63, 3.8) is 0 Å². The minimum absolute atomic E-state index is 0.0118. The van der Waals surface area contributed by atoms with E-state index in [2.05, 4.69) is 25.9 Å². The molecule has 1 atom stereocenters. The first-order chi connectivity index (χ1) is 12.7. The van der Waals surface area contributed by atoms with Crippen LogP contribution in [0, 0.1) is 11.3 Å². The number of alkyl halides is 1. The van der Waals surface area contributed by atoms with Crippen LogP contribution in [0.1, 0.15) is 25.5 Å². The normalized spacial score (nSPS) is 17.4. The van der Waals surface area contributed by atoms with E-state index in [0.29, 0.717) is 12.3 Å². The number of H-pyrrole nitrogens is 1. The second-order valence-corrected chi connectivity index (χ2v) is 6.76. The third-order valence-corrected chi connectivity index (χ3v) is 4.80. The molecule has 6 nitrogen and oxygen atoms in total. The summed E-state index contributed by atoms with van der Waals surface area (Å²) in [6.45, 7) is 3.62. The third-order valence-electron chi connectivity index (χ3n) is 4.80. The number of nitriles is 1. The summed E-state index contributed by atoms with van der Waals surface area (Å²) in [7, 11) is 0. The quantitative estimate of drug-likeness (QED) is 0.779. The highest BCUT2D eigenvalue weighted by molar-refractivity contribution is 6.09. The van der Waals surface area contributed by atoms with Gasteiger partial charge in [0.2, 0.25) is 0 Å². The summed E-state index contributed by atoms with van der Waals surface area (Å²) < 4.78 is 19.4. The van der Waals surface area contributed by atoms with Crippen molar-refractivity contribution >= 4 is 21.9 Å². The fourth-order valence-corrected chi connectivity index (χ4v) is 3.62. The maximum absolute atomic E-state index is 13.2. The van der Waals surface area contributed by atoms with Crippen molar-refractivity contribution in [1.82, 2.24) is 19.9 Å². The summed E-state index contributed by atoms with van der Waals surface area (Å²) >= 11 is 0. The van der Waals surface area contributed by atoms with Crippen LogP contribution < -0.4 is 4.74 Å². The zero-order chi connectivity index (χ0) is 18.1. The molecule has 0 saturated carbocycles. The van der Waals surface area contributed by atoms with E-state index in [1.54, 1.807) is 19.3 Å². The van der Waals surface area contributed by atoms with Crippen molar-refractivity contribution in [1.29, 1.82) is 5.26 Å². The number of hydrogen-bond acceptors (Lipinski definition) is 5. The van der Waals surface area contributed by atoms with E-state index in [9.17, 15) is 9.65 Å². The number of aromatic nitrogens is 3. The molecule has 0 spiro atoms. The predicted octanol–water partition coefficient (Wildman–Crippen LogP) is 3.18. The molecule has 1 fully saturated rings. The van der Waals surface area contributed by atoms with Crippen LogP contribution >= 0.6 is 0 Å². The lowest BCUT2D eigenvalue weighted by Gasteiger charge is -2.32. The number of nitrogens with one attached hydrogen (secondary N) is 1. The van der Waals surface area contributed by atoms with E-state index in [4.69, 9.17) is 4.74 Å². The minimum Gasteiger partial charge on any atom is -0.487 e. The van der Waals surface area contributed by atoms with E-state index in [1.807, 2.05) is 12.1 Å². The van der Waals surface area contributed by atoms with Crippen molar-refractivity contribution in [3.8, 4) is 11.8 Å². The third kappa shape index (κ3) is 3.08. The molecule has 1 N–H and O–H groups in total. The van der Waals surface area contributed by atoms with E-state index in [1.165, 1.54) is 0 Å². The Morgan fingerprint density at radius 3 is 2.96 bits per heavy atom. The zero-order valence-corrected chi connectivity index (χ0v) is 14.6. The fraction of sp³-hybridized carbons (Fsp3) is 0.421. The molecule has 1 saturated heterocycles. The van der Waals surface area contributed by atoms with Crippen molar-refractivity contribution in [2.75, 3.05) is 19.6 Å². The van der Waals surface area contributed by atoms with E-state index < -0.39 is 6.17 Å². The molecule has 1 aliphatic rings. The van der Waals surface area contributed by atoms with E-state index >= 15 is 0 Å². The van der Waals surface area contributed by atoms with E-state index in [0.717, 1.165) is 47.9 Å². The smallest absolute Gasteiger partial charge is 0.183 e. The molecule has 4 rings (SSSR count). The van der Waals surface area contributed by atoms with Crippen LogP contribution in [0.5, 0.6) is 5.75 Å². The number of halogens is 1. The van der Waals surface area contributed by atoms with Gasteiger partial charge in [0.15, 0.2) is 11.4 Å². The van der Waals surface area contributed by atoms with Crippen molar-refractivity contribution in [3.05, 3.63) is 30.2 Å². The Morgan fingerprint density at radius 2 is 2.23 bits per heavy atom. The SMILES string of the molecule is CC(F)CN1CCC(Oc2c(C#N)ncc3[nH]c4ncccc4c23)CC1. The summed E-state index contributed by atoms with van der Waals surface area (Å²) in [6.07, 6.45) is 4.13. The number of likely N-dealkylation sites (tertiary alicyclic amines) is 1. The topological polar surface area (TPSA) is 77.8 Å². The molecule has 3 aromatic heterocycles. The standard InChI is InChI=1S/C19H20FN5O/c1-12(20)11-25-7-4-13(5-8-25)26-18-15(9-21)23-10-16-17(18)14-3-2-6-22-19(14)24-16/h2-3,6,10,12-13H,4-5,7-8,11H2,1H3,(H,22,24). The first-order valence-corrected chi connectivity index (χ1v) is 8.84. The molecule has 1 aliphatic heterocycles. The maximum atomic E-state index is 13.2. The second-order valence-electron chi connectivity index (χ2n) is 6.76. The Morgan fingerprint density at radius 1 is 1.42 bits per heavy atom. The largest absolute Gasteiger partial charge is 0.487 e. The Labute approximate surface area is 150 Å². The number of aromatic amines is 1. The highest BCUT2D eigenvalue weighted by Gasteiger charge is 2.24. The Bertz CT molecular complexity index is 969. The van der Waals surface area contributed by atoms with Gasteiger partial charge in [-0.2, -0.15) is 5.26 Å². The van der Waals surface area contributed by atoms with Crippen molar-refractivity contribution < 1.29 is 9.13 Å². The zero-order valence-electron chi connectivity index (χ0n) is 14.6. The lowest BCUT2D eigenvalue weighted by Crippen LogP contribution is -2.40. The molecule has 3 aromatic rings. The van der Waals surface area contributed by atoms with Gasteiger partial charge in [-0.15, -0.1) is 0 Å². The van der Waals surface area contributed by atoms with Crippen LogP contribution in [-0.4, -0.2) is 51.8 Å². The van der Waals surface area contributed by atoms with Gasteiger partial charge < -0.3 is 14.6 Å². The minimum atomic E-state index is -0.825. The molecule has 0 aliphatic carbocycles. The van der Waals surface area contributed by atoms with Crippen molar-refractivity contribution in [2.45, 2.75) is 32.0 Å². The predicted molar refractivity (Wildman–Crippen MR) is 96.8 cm³/mol. The molecular formula is C19H20FN5O. The molecule has 134 valence electrons. The molecule has 4 heterocycles. The van der Waals surface area contributed by atoms with E-state index in [-0.39, 0.29) is 11.8 Å². The molecule has 0 amide bonds. The number of pyridine rings is 2. The molecule has 0 aromatic carbocycles. The second kappa shape index (κ2) is 6.89. The van der Waals surface area contributed by atoms with Crippen LogP contribution in [0.25, 0.3) is 21.9 Å². The average Bonchev–Trinajstić information content (AvgIpc) is 3.02. The summed E-state index contributed by atoms with van der Waals surface area (Å²) in [5.74, 6) is 0.515. The van der Waals surface area contributed by atoms with Crippen molar-refractivity contribution in [2.24, 2.45) is 0 Å². The van der Waals surface area contributed by atoms with Crippen LogP contribution in [0.15, 0.2) is 24.5 Å². The van der Waals surface area contributed by atoms with Gasteiger partial charge in [-0.05, 0) is 31.9 Å². The first-order valence-electron chi connectivity index (χ1n) is 8.84. The molecule has 7 heteroatoms. The van der Waals surface area contributed by atoms with Crippen LogP contribution in [0.3, 0.4) is 0 Å². The number of rotatable bonds is 4.